The quantitative estimate of drug-likeness (QED) is 0.710. The fourth-order valence-corrected chi connectivity index (χ4v) is 4.06. The predicted octanol–water partition coefficient (Wildman–Crippen LogP) is 2.79. The lowest BCUT2D eigenvalue weighted by molar-refractivity contribution is 0.756. The van der Waals surface area contributed by atoms with E-state index in [1.165, 1.54) is 33.1 Å². The van der Waals surface area contributed by atoms with Gasteiger partial charge in [0.25, 0.3) is 0 Å². The fourth-order valence-electron chi connectivity index (χ4n) is 2.82. The van der Waals surface area contributed by atoms with E-state index >= 15 is 0 Å². The van der Waals surface area contributed by atoms with Gasteiger partial charge in [0.05, 0.1) is 10.7 Å². The summed E-state index contributed by atoms with van der Waals surface area (Å²) < 4.78 is 0. The molecule has 4 rings (SSSR count). The monoisotopic (exact) mass is 242 g/mol. The van der Waals surface area contributed by atoms with Crippen molar-refractivity contribution in [1.29, 1.82) is 0 Å². The van der Waals surface area contributed by atoms with Crippen molar-refractivity contribution in [3.05, 3.63) is 39.7 Å². The third kappa shape index (κ3) is 1.46. The van der Waals surface area contributed by atoms with Crippen molar-refractivity contribution in [3.8, 4) is 11.3 Å². The van der Waals surface area contributed by atoms with Crippen molar-refractivity contribution >= 4 is 11.3 Å². The smallest absolute Gasteiger partial charge is 0.0979 e. The molecule has 0 amide bonds. The number of rotatable bonds is 1. The van der Waals surface area contributed by atoms with Crippen LogP contribution in [0, 0.1) is 0 Å². The second-order valence-corrected chi connectivity index (χ2v) is 5.96. The first kappa shape index (κ1) is 9.80. The molecule has 1 aliphatic carbocycles. The van der Waals surface area contributed by atoms with Crippen LogP contribution in [0.3, 0.4) is 0 Å². The maximum absolute atomic E-state index is 4.89. The van der Waals surface area contributed by atoms with Crippen LogP contribution < -0.4 is 5.32 Å². The summed E-state index contributed by atoms with van der Waals surface area (Å²) in [5, 5.41) is 4.76. The van der Waals surface area contributed by atoms with Crippen molar-refractivity contribution in [1.82, 2.24) is 10.3 Å². The van der Waals surface area contributed by atoms with Crippen molar-refractivity contribution in [2.45, 2.75) is 18.8 Å². The molecule has 17 heavy (non-hydrogen) atoms. The van der Waals surface area contributed by atoms with E-state index < -0.39 is 0 Å². The van der Waals surface area contributed by atoms with Gasteiger partial charge in [-0.2, -0.15) is 0 Å². The molecule has 0 bridgehead atoms. The fraction of sp³-hybridized carbons (Fsp3) is 0.357. The first-order chi connectivity index (χ1) is 8.42. The van der Waals surface area contributed by atoms with Crippen molar-refractivity contribution in [3.63, 3.8) is 0 Å². The van der Waals surface area contributed by atoms with Gasteiger partial charge in [-0.3, -0.25) is 0 Å². The van der Waals surface area contributed by atoms with E-state index in [1.807, 2.05) is 11.3 Å². The molecule has 2 aliphatic rings. The van der Waals surface area contributed by atoms with Crippen molar-refractivity contribution in [2.24, 2.45) is 0 Å². The Kier molecular flexibility index (Phi) is 2.11. The zero-order valence-corrected chi connectivity index (χ0v) is 10.4. The van der Waals surface area contributed by atoms with Crippen LogP contribution in [0.15, 0.2) is 24.3 Å². The second kappa shape index (κ2) is 3.65. The van der Waals surface area contributed by atoms with Crippen LogP contribution in [0.4, 0.5) is 0 Å². The molecule has 86 valence electrons. The van der Waals surface area contributed by atoms with Crippen molar-refractivity contribution < 1.29 is 0 Å². The van der Waals surface area contributed by atoms with Gasteiger partial charge in [-0.05, 0) is 18.5 Å². The molecule has 2 aromatic rings. The summed E-state index contributed by atoms with van der Waals surface area (Å²) in [7, 11) is 0. The van der Waals surface area contributed by atoms with Gasteiger partial charge >= 0.3 is 0 Å². The molecule has 0 spiro atoms. The lowest BCUT2D eigenvalue weighted by Crippen LogP contribution is -2.07. The van der Waals surface area contributed by atoms with Crippen LogP contribution in [0.2, 0.25) is 0 Å². The number of hydrogen-bond donors (Lipinski definition) is 1. The molecule has 2 nitrogen and oxygen atoms in total. The van der Waals surface area contributed by atoms with Gasteiger partial charge in [-0.15, -0.1) is 11.3 Å². The number of benzene rings is 1. The van der Waals surface area contributed by atoms with E-state index in [0.717, 1.165) is 19.5 Å². The third-order valence-electron chi connectivity index (χ3n) is 3.75. The molecule has 1 aliphatic heterocycles. The molecule has 2 heterocycles. The summed E-state index contributed by atoms with van der Waals surface area (Å²) in [4.78, 5) is 6.36. The molecule has 1 saturated heterocycles. The van der Waals surface area contributed by atoms with Gasteiger partial charge < -0.3 is 5.32 Å². The number of nitrogens with zero attached hydrogens (tertiary/aromatic N) is 1. The van der Waals surface area contributed by atoms with Crippen molar-refractivity contribution in [2.75, 3.05) is 13.1 Å². The molecule has 0 saturated carbocycles. The average Bonchev–Trinajstić information content (AvgIpc) is 3.03. The summed E-state index contributed by atoms with van der Waals surface area (Å²) in [6, 6.07) is 8.67. The molecule has 1 fully saturated rings. The molecule has 1 aromatic carbocycles. The highest BCUT2D eigenvalue weighted by molar-refractivity contribution is 7.12. The highest BCUT2D eigenvalue weighted by Crippen LogP contribution is 2.41. The van der Waals surface area contributed by atoms with E-state index in [-0.39, 0.29) is 0 Å². The van der Waals surface area contributed by atoms with Gasteiger partial charge in [0.2, 0.25) is 0 Å². The Morgan fingerprint density at radius 1 is 1.29 bits per heavy atom. The van der Waals surface area contributed by atoms with E-state index in [9.17, 15) is 0 Å². The highest BCUT2D eigenvalue weighted by atomic mass is 32.1. The Labute approximate surface area is 105 Å². The first-order valence-corrected chi connectivity index (χ1v) is 7.02. The lowest BCUT2D eigenvalue weighted by Gasteiger charge is -2.03. The number of hydrogen-bond acceptors (Lipinski definition) is 3. The van der Waals surface area contributed by atoms with E-state index in [0.29, 0.717) is 5.92 Å². The van der Waals surface area contributed by atoms with Gasteiger partial charge in [0.15, 0.2) is 0 Å². The SMILES string of the molecule is c1ccc2c(c1)Cc1sc(C3CCNC3)nc1-2. The Bertz CT molecular complexity index is 567. The normalized spacial score (nSPS) is 21.5. The number of fused-ring (bicyclic) bond motifs is 3. The van der Waals surface area contributed by atoms with Gasteiger partial charge in [-0.25, -0.2) is 4.98 Å². The number of aromatic nitrogens is 1. The van der Waals surface area contributed by atoms with Crippen LogP contribution in [-0.4, -0.2) is 18.1 Å². The molecule has 1 unspecified atom stereocenters. The maximum Gasteiger partial charge on any atom is 0.0979 e. The molecule has 0 radical (unpaired) electrons. The topological polar surface area (TPSA) is 24.9 Å². The minimum Gasteiger partial charge on any atom is -0.316 e. The molecule has 1 atom stereocenters. The summed E-state index contributed by atoms with van der Waals surface area (Å²) in [6.07, 6.45) is 2.33. The third-order valence-corrected chi connectivity index (χ3v) is 4.96. The van der Waals surface area contributed by atoms with Gasteiger partial charge in [0, 0.05) is 29.3 Å². The van der Waals surface area contributed by atoms with Crippen LogP contribution in [0.25, 0.3) is 11.3 Å². The summed E-state index contributed by atoms with van der Waals surface area (Å²) >= 11 is 1.92. The van der Waals surface area contributed by atoms with E-state index in [2.05, 4.69) is 29.6 Å². The highest BCUT2D eigenvalue weighted by Gasteiger charge is 2.26. The molecular formula is C14H14N2S. The second-order valence-electron chi connectivity index (χ2n) is 4.85. The van der Waals surface area contributed by atoms with Gasteiger partial charge in [0.1, 0.15) is 0 Å². The predicted molar refractivity (Wildman–Crippen MR) is 70.6 cm³/mol. The Balaban J connectivity index is 1.77. The molecule has 1 aromatic heterocycles. The first-order valence-electron chi connectivity index (χ1n) is 6.20. The van der Waals surface area contributed by atoms with Crippen LogP contribution in [0.1, 0.15) is 27.8 Å². The molecule has 3 heteroatoms. The molecular weight excluding hydrogens is 228 g/mol. The largest absolute Gasteiger partial charge is 0.316 e. The molecule has 1 N–H and O–H groups in total. The Morgan fingerprint density at radius 2 is 2.24 bits per heavy atom. The Morgan fingerprint density at radius 3 is 3.12 bits per heavy atom. The minimum absolute atomic E-state index is 0.651. The van der Waals surface area contributed by atoms with E-state index in [1.54, 1.807) is 0 Å². The lowest BCUT2D eigenvalue weighted by atomic mass is 10.1. The zero-order valence-electron chi connectivity index (χ0n) is 9.57. The standard InChI is InChI=1S/C14H14N2S/c1-2-4-11-9(3-1)7-12-13(11)16-14(17-12)10-5-6-15-8-10/h1-4,10,15H,5-8H2. The number of thiazole rings is 1. The van der Waals surface area contributed by atoms with Crippen LogP contribution in [-0.2, 0) is 6.42 Å². The summed E-state index contributed by atoms with van der Waals surface area (Å²) in [5.74, 6) is 0.651. The average molecular weight is 242 g/mol. The van der Waals surface area contributed by atoms with Gasteiger partial charge in [-0.1, -0.05) is 24.3 Å². The maximum atomic E-state index is 4.89. The Hall–Kier alpha value is -1.19. The van der Waals surface area contributed by atoms with Crippen LogP contribution in [0.5, 0.6) is 0 Å². The summed E-state index contributed by atoms with van der Waals surface area (Å²) in [5.41, 5.74) is 4.06. The minimum atomic E-state index is 0.651. The van der Waals surface area contributed by atoms with Crippen LogP contribution >= 0.6 is 11.3 Å². The summed E-state index contributed by atoms with van der Waals surface area (Å²) in [6.45, 7) is 2.25. The number of nitrogens with one attached hydrogen (secondary N) is 1. The van der Waals surface area contributed by atoms with E-state index in [4.69, 9.17) is 4.98 Å². The zero-order chi connectivity index (χ0) is 11.2.